The van der Waals surface area contributed by atoms with Crippen molar-refractivity contribution in [2.24, 2.45) is 0 Å². The van der Waals surface area contributed by atoms with E-state index in [1.165, 1.54) is 26.5 Å². The zero-order valence-electron chi connectivity index (χ0n) is 17.8. The fourth-order valence-electron chi connectivity index (χ4n) is 3.69. The summed E-state index contributed by atoms with van der Waals surface area (Å²) in [5, 5.41) is 3.19. The maximum Gasteiger partial charge on any atom is 0.272 e. The number of carbonyl (C=O) groups excluding carboxylic acids is 1. The Bertz CT molecular complexity index is 1150. The van der Waals surface area contributed by atoms with Crippen LogP contribution < -0.4 is 25.1 Å². The maximum absolute atomic E-state index is 13.0. The van der Waals surface area contributed by atoms with Crippen LogP contribution in [0.5, 0.6) is 11.6 Å². The van der Waals surface area contributed by atoms with Crippen LogP contribution >= 0.6 is 0 Å². The van der Waals surface area contributed by atoms with Gasteiger partial charge in [0.25, 0.3) is 5.91 Å². The van der Waals surface area contributed by atoms with Crippen LogP contribution in [0.4, 0.5) is 11.4 Å². The molecule has 31 heavy (non-hydrogen) atoms. The van der Waals surface area contributed by atoms with E-state index in [2.05, 4.69) is 32.1 Å². The summed E-state index contributed by atoms with van der Waals surface area (Å²) in [7, 11) is 5.13. The van der Waals surface area contributed by atoms with E-state index >= 15 is 0 Å². The number of aromatic nitrogens is 2. The van der Waals surface area contributed by atoms with E-state index in [4.69, 9.17) is 9.47 Å². The van der Waals surface area contributed by atoms with Crippen molar-refractivity contribution in [3.05, 3.63) is 52.4 Å². The minimum atomic E-state index is -0.432. The van der Waals surface area contributed by atoms with Gasteiger partial charge in [-0.3, -0.25) is 9.59 Å². The van der Waals surface area contributed by atoms with Crippen molar-refractivity contribution in [2.45, 2.75) is 0 Å². The molecule has 2 aromatic heterocycles. The van der Waals surface area contributed by atoms with E-state index in [0.717, 1.165) is 31.9 Å². The van der Waals surface area contributed by atoms with Crippen molar-refractivity contribution >= 4 is 28.2 Å². The molecule has 0 saturated carbocycles. The lowest BCUT2D eigenvalue weighted by Crippen LogP contribution is -2.44. The predicted octanol–water partition coefficient (Wildman–Crippen LogP) is 1.94. The molecular formula is C22H25N5O4. The lowest BCUT2D eigenvalue weighted by molar-refractivity contribution is 0.102. The zero-order valence-corrected chi connectivity index (χ0v) is 17.8. The van der Waals surface area contributed by atoms with Crippen LogP contribution in [0.3, 0.4) is 0 Å². The zero-order chi connectivity index (χ0) is 22.0. The van der Waals surface area contributed by atoms with Crippen molar-refractivity contribution in [3.63, 3.8) is 0 Å². The van der Waals surface area contributed by atoms with E-state index < -0.39 is 5.91 Å². The number of likely N-dealkylation sites (N-methyl/N-ethyl adjacent to an activating group) is 1. The molecule has 1 aliphatic heterocycles. The number of benzene rings is 1. The number of amides is 1. The Labute approximate surface area is 179 Å². The van der Waals surface area contributed by atoms with E-state index in [1.807, 2.05) is 6.07 Å². The van der Waals surface area contributed by atoms with Gasteiger partial charge in [0.1, 0.15) is 11.4 Å². The Morgan fingerprint density at radius 3 is 2.52 bits per heavy atom. The summed E-state index contributed by atoms with van der Waals surface area (Å²) in [5.74, 6) is 0.486. The Morgan fingerprint density at radius 2 is 1.87 bits per heavy atom. The molecule has 0 unspecified atom stereocenters. The van der Waals surface area contributed by atoms with Crippen molar-refractivity contribution in [2.75, 3.05) is 57.7 Å². The van der Waals surface area contributed by atoms with Crippen LogP contribution in [0.15, 0.2) is 41.3 Å². The minimum absolute atomic E-state index is 0.164. The number of fused-ring (bicyclic) bond motifs is 1. The summed E-state index contributed by atoms with van der Waals surface area (Å²) in [5.41, 5.74) is 1.85. The second-order valence-electron chi connectivity index (χ2n) is 7.42. The van der Waals surface area contributed by atoms with E-state index in [-0.39, 0.29) is 11.1 Å². The molecule has 3 heterocycles. The third-order valence-electron chi connectivity index (χ3n) is 5.44. The second-order valence-corrected chi connectivity index (χ2v) is 7.42. The normalized spacial score (nSPS) is 14.5. The van der Waals surface area contributed by atoms with Gasteiger partial charge in [0.2, 0.25) is 5.88 Å². The monoisotopic (exact) mass is 423 g/mol. The van der Waals surface area contributed by atoms with Crippen molar-refractivity contribution < 1.29 is 14.3 Å². The smallest absolute Gasteiger partial charge is 0.272 e. The number of methoxy groups -OCH3 is 2. The molecule has 1 aliphatic rings. The van der Waals surface area contributed by atoms with E-state index in [1.54, 1.807) is 18.2 Å². The molecule has 162 valence electrons. The number of nitrogens with zero attached hydrogens (tertiary/aromatic N) is 3. The van der Waals surface area contributed by atoms with Gasteiger partial charge in [-0.25, -0.2) is 4.98 Å². The Balaban J connectivity index is 1.73. The summed E-state index contributed by atoms with van der Waals surface area (Å²) in [4.78, 5) is 37.5. The molecular weight excluding hydrogens is 398 g/mol. The molecule has 9 heteroatoms. The molecule has 0 aliphatic carbocycles. The summed E-state index contributed by atoms with van der Waals surface area (Å²) in [6.45, 7) is 3.49. The molecule has 4 rings (SSSR count). The summed E-state index contributed by atoms with van der Waals surface area (Å²) < 4.78 is 10.4. The van der Waals surface area contributed by atoms with Crippen molar-refractivity contribution in [1.82, 2.24) is 14.9 Å². The number of ether oxygens (including phenoxy) is 2. The quantitative estimate of drug-likeness (QED) is 0.647. The number of pyridine rings is 2. The van der Waals surface area contributed by atoms with Gasteiger partial charge in [-0.15, -0.1) is 0 Å². The Kier molecular flexibility index (Phi) is 5.77. The third-order valence-corrected chi connectivity index (χ3v) is 5.44. The fraction of sp³-hybridized carbons (Fsp3) is 0.318. The molecule has 9 nitrogen and oxygen atoms in total. The highest BCUT2D eigenvalue weighted by Crippen LogP contribution is 2.31. The lowest BCUT2D eigenvalue weighted by atomic mass is 10.1. The number of rotatable bonds is 5. The largest absolute Gasteiger partial charge is 0.496 e. The summed E-state index contributed by atoms with van der Waals surface area (Å²) in [6.07, 6.45) is 1.49. The number of H-pyrrole nitrogens is 1. The maximum atomic E-state index is 13.0. The highest BCUT2D eigenvalue weighted by atomic mass is 16.5. The standard InChI is InChI=1S/C22H25N5O4/c1-26-8-10-27(11-9-26)16-5-6-18(30-2)20-17(28)12-15(25-21(16)20)22(29)24-14-4-7-19(31-3)23-13-14/h4-7,12-13H,8-11H2,1-3H3,(H,24,29)(H,25,28). The summed E-state index contributed by atoms with van der Waals surface area (Å²) in [6, 6.07) is 8.35. The molecule has 0 spiro atoms. The molecule has 2 N–H and O–H groups in total. The first-order chi connectivity index (χ1) is 15.0. The molecule has 0 radical (unpaired) electrons. The molecule has 1 aromatic carbocycles. The van der Waals surface area contributed by atoms with Gasteiger partial charge in [-0.05, 0) is 25.2 Å². The second kappa shape index (κ2) is 8.65. The molecule has 1 fully saturated rings. The molecule has 1 amide bonds. The number of nitrogens with one attached hydrogen (secondary N) is 2. The number of hydrogen-bond acceptors (Lipinski definition) is 7. The number of hydrogen-bond donors (Lipinski definition) is 2. The number of anilines is 2. The Morgan fingerprint density at radius 1 is 1.10 bits per heavy atom. The predicted molar refractivity (Wildman–Crippen MR) is 120 cm³/mol. The van der Waals surface area contributed by atoms with Gasteiger partial charge < -0.3 is 29.6 Å². The molecule has 0 bridgehead atoms. The van der Waals surface area contributed by atoms with Crippen LogP contribution in [0.25, 0.3) is 10.9 Å². The van der Waals surface area contributed by atoms with Gasteiger partial charge in [0.15, 0.2) is 5.43 Å². The van der Waals surface area contributed by atoms with Crippen LogP contribution in [0.2, 0.25) is 0 Å². The first-order valence-corrected chi connectivity index (χ1v) is 9.99. The molecule has 0 atom stereocenters. The first kappa shape index (κ1) is 20.7. The molecule has 3 aromatic rings. The van der Waals surface area contributed by atoms with Gasteiger partial charge in [0.05, 0.1) is 42.7 Å². The SMILES string of the molecule is COc1ccc(NC(=O)c2cc(=O)c3c(OC)ccc(N4CCN(C)CC4)c3[nH]2)cn1. The van der Waals surface area contributed by atoms with E-state index in [0.29, 0.717) is 28.2 Å². The van der Waals surface area contributed by atoms with Gasteiger partial charge >= 0.3 is 0 Å². The third kappa shape index (κ3) is 4.17. The lowest BCUT2D eigenvalue weighted by Gasteiger charge is -2.34. The number of piperazine rings is 1. The van der Waals surface area contributed by atoms with Crippen LogP contribution in [0.1, 0.15) is 10.5 Å². The van der Waals surface area contributed by atoms with Gasteiger partial charge in [0, 0.05) is 38.3 Å². The fourth-order valence-corrected chi connectivity index (χ4v) is 3.69. The first-order valence-electron chi connectivity index (χ1n) is 9.99. The highest BCUT2D eigenvalue weighted by molar-refractivity contribution is 6.05. The topological polar surface area (TPSA) is 99.8 Å². The minimum Gasteiger partial charge on any atom is -0.496 e. The number of carbonyl (C=O) groups is 1. The average molecular weight is 423 g/mol. The van der Waals surface area contributed by atoms with Crippen LogP contribution in [-0.2, 0) is 0 Å². The average Bonchev–Trinajstić information content (AvgIpc) is 2.79. The highest BCUT2D eigenvalue weighted by Gasteiger charge is 2.21. The summed E-state index contributed by atoms with van der Waals surface area (Å²) >= 11 is 0. The van der Waals surface area contributed by atoms with Crippen LogP contribution in [0, 0.1) is 0 Å². The Hall–Kier alpha value is -3.59. The van der Waals surface area contributed by atoms with Crippen LogP contribution in [-0.4, -0.2) is 68.2 Å². The van der Waals surface area contributed by atoms with Gasteiger partial charge in [-0.1, -0.05) is 0 Å². The van der Waals surface area contributed by atoms with Gasteiger partial charge in [-0.2, -0.15) is 0 Å². The molecule has 1 saturated heterocycles. The van der Waals surface area contributed by atoms with Crippen molar-refractivity contribution in [1.29, 1.82) is 0 Å². The van der Waals surface area contributed by atoms with E-state index in [9.17, 15) is 9.59 Å². The van der Waals surface area contributed by atoms with Crippen molar-refractivity contribution in [3.8, 4) is 11.6 Å². The number of aromatic amines is 1.